The molecule has 1 fully saturated rings. The van der Waals surface area contributed by atoms with Gasteiger partial charge < -0.3 is 14.9 Å². The predicted molar refractivity (Wildman–Crippen MR) is 289 cm³/mol. The van der Waals surface area contributed by atoms with Gasteiger partial charge in [-0.15, -0.1) is 0 Å². The number of aromatic carboxylic acids is 1. The van der Waals surface area contributed by atoms with Crippen molar-refractivity contribution in [2.24, 2.45) is 13.0 Å². The van der Waals surface area contributed by atoms with E-state index in [2.05, 4.69) is 20.5 Å². The lowest BCUT2D eigenvalue weighted by molar-refractivity contribution is -0.141. The van der Waals surface area contributed by atoms with Crippen LogP contribution in [0.5, 0.6) is 5.75 Å². The van der Waals surface area contributed by atoms with Crippen LogP contribution in [0.2, 0.25) is 5.02 Å². The summed E-state index contributed by atoms with van der Waals surface area (Å²) in [6.07, 6.45) is -9.35. The smallest absolute Gasteiger partial charge is 0.478 e. The number of fused-ring (bicyclic) bond motifs is 5. The Balaban J connectivity index is 1.17. The molecule has 2 aliphatic carbocycles. The fraction of sp³-hybridized carbons (Fsp3) is 0.296. The molecule has 10 rings (SSSR count). The summed E-state index contributed by atoms with van der Waals surface area (Å²) < 4.78 is 180. The Bertz CT molecular complexity index is 4420. The molecule has 8 aromatic rings. The zero-order valence-corrected chi connectivity index (χ0v) is 47.4. The Labute approximate surface area is 484 Å². The maximum atomic E-state index is 15.8. The van der Waals surface area contributed by atoms with Crippen molar-refractivity contribution in [2.75, 3.05) is 10.6 Å². The topological polar surface area (TPSA) is 271 Å². The standard InChI is InChI=1S/C54H44ClF9N9O11PS/c1-23-13-26(51(77)78)18-37(84-85(79,80)81)43(23)52(2,3)21-40(75)73(86(5,82)83)49-42-32(55)11-12-36(45(42)70(4)69-49)72-48(67-34-17-25(9-10-29(34)50(72)76)33-7-6-8-38(65-33)54(62,63)64)35(16-24-14-27(56)19-28(57)15-24)66-39(74)22-71-46-41(44(68-71)47(58)59)30-20-31(30)53(46,60)61/h6-15,17-19,30-31,35,47H,16,20-22H2,1-5H3,(H,66,74)(H,77,78)(H2,79,80,81)/t30-,31+,35-/m0/s1. The van der Waals surface area contributed by atoms with Gasteiger partial charge in [0.05, 0.1) is 56.1 Å². The first-order valence-corrected chi connectivity index (χ1v) is 29.2. The molecule has 32 heteroatoms. The van der Waals surface area contributed by atoms with Crippen molar-refractivity contribution in [3.05, 3.63) is 157 Å². The first-order chi connectivity index (χ1) is 39.9. The summed E-state index contributed by atoms with van der Waals surface area (Å²) in [7, 11) is -9.05. The Morgan fingerprint density at radius 1 is 0.977 bits per heavy atom. The van der Waals surface area contributed by atoms with Gasteiger partial charge in [-0.1, -0.05) is 37.6 Å². The van der Waals surface area contributed by atoms with Crippen LogP contribution in [0, 0.1) is 24.5 Å². The van der Waals surface area contributed by atoms with Crippen LogP contribution in [0.15, 0.2) is 83.7 Å². The van der Waals surface area contributed by atoms with Crippen molar-refractivity contribution >= 4 is 74.9 Å². The van der Waals surface area contributed by atoms with E-state index in [0.717, 1.165) is 57.8 Å². The number of rotatable bonds is 17. The Morgan fingerprint density at radius 3 is 2.29 bits per heavy atom. The molecule has 1 saturated carbocycles. The number of sulfonamides is 1. The molecule has 0 saturated heterocycles. The molecule has 4 heterocycles. The summed E-state index contributed by atoms with van der Waals surface area (Å²) in [5.41, 5.74) is -8.44. The van der Waals surface area contributed by atoms with Gasteiger partial charge in [0.15, 0.2) is 5.82 Å². The Morgan fingerprint density at radius 2 is 1.66 bits per heavy atom. The number of phosphoric ester groups is 1. The second-order valence-electron chi connectivity index (χ2n) is 21.3. The summed E-state index contributed by atoms with van der Waals surface area (Å²) in [6.45, 7) is 2.87. The number of halogens is 10. The van der Waals surface area contributed by atoms with Crippen LogP contribution in [0.25, 0.3) is 38.8 Å². The molecule has 452 valence electrons. The van der Waals surface area contributed by atoms with Gasteiger partial charge >= 0.3 is 20.0 Å². The van der Waals surface area contributed by atoms with E-state index in [-0.39, 0.29) is 71.2 Å². The second-order valence-corrected chi connectivity index (χ2v) is 24.7. The van der Waals surface area contributed by atoms with Crippen LogP contribution in [-0.2, 0) is 61.7 Å². The molecule has 0 radical (unpaired) electrons. The van der Waals surface area contributed by atoms with Crippen LogP contribution in [-0.4, -0.2) is 81.4 Å². The molecule has 0 bridgehead atoms. The molecule has 0 unspecified atom stereocenters. The van der Waals surface area contributed by atoms with Crippen molar-refractivity contribution < 1.29 is 86.3 Å². The molecule has 20 nitrogen and oxygen atoms in total. The minimum absolute atomic E-state index is 0.0440. The van der Waals surface area contributed by atoms with Crippen LogP contribution in [0.4, 0.5) is 45.3 Å². The third kappa shape index (κ3) is 11.3. The summed E-state index contributed by atoms with van der Waals surface area (Å²) in [5.74, 6) is -14.3. The van der Waals surface area contributed by atoms with Crippen LogP contribution in [0.1, 0.15) is 101 Å². The zero-order valence-electron chi connectivity index (χ0n) is 45.0. The minimum atomic E-state index is -5.42. The number of hydrogen-bond donors (Lipinski definition) is 4. The SMILES string of the molecule is Cc1cc(C(=O)O)cc(OP(=O)(O)O)c1C(C)(C)CC(=O)N(c1nn(C)c2c(-n3c([C@H](Cc4cc(F)cc(F)c4)NC(=O)Cn4nc(C(F)F)c5c4C(F)(F)[C@@H]4C[C@H]54)nc4cc(-c5cccc(C(F)(F)F)n5)ccc4c3=O)ccc(Cl)c12)S(C)(=O)=O. The first-order valence-electron chi connectivity index (χ1n) is 25.4. The van der Waals surface area contributed by atoms with Crippen molar-refractivity contribution in [3.8, 4) is 22.7 Å². The highest BCUT2D eigenvalue weighted by Gasteiger charge is 2.67. The van der Waals surface area contributed by atoms with Gasteiger partial charge in [0.1, 0.15) is 46.8 Å². The molecule has 2 amide bonds. The minimum Gasteiger partial charge on any atom is -0.478 e. The number of carbonyl (C=O) groups is 3. The molecule has 4 aromatic heterocycles. The van der Waals surface area contributed by atoms with E-state index < -0.39 is 160 Å². The first kappa shape index (κ1) is 60.9. The third-order valence-electron chi connectivity index (χ3n) is 14.6. The maximum Gasteiger partial charge on any atom is 0.524 e. The van der Waals surface area contributed by atoms with Crippen molar-refractivity contribution in [2.45, 2.75) is 82.5 Å². The van der Waals surface area contributed by atoms with E-state index in [4.69, 9.17) is 21.1 Å². The van der Waals surface area contributed by atoms with E-state index in [1.165, 1.54) is 46.0 Å². The highest BCUT2D eigenvalue weighted by molar-refractivity contribution is 7.92. The highest BCUT2D eigenvalue weighted by Crippen LogP contribution is 2.68. The molecule has 0 spiro atoms. The lowest BCUT2D eigenvalue weighted by Crippen LogP contribution is -2.40. The molecule has 4 N–H and O–H groups in total. The molecular formula is C54H44ClF9N9O11PS. The fourth-order valence-corrected chi connectivity index (χ4v) is 12.8. The Kier molecular flexibility index (Phi) is 15.1. The van der Waals surface area contributed by atoms with Gasteiger partial charge in [0.2, 0.25) is 21.8 Å². The number of anilines is 1. The van der Waals surface area contributed by atoms with Gasteiger partial charge in [0.25, 0.3) is 17.9 Å². The molecule has 86 heavy (non-hydrogen) atoms. The van der Waals surface area contributed by atoms with Gasteiger partial charge in [-0.05, 0) is 91.1 Å². The molecule has 3 atom stereocenters. The number of alkyl halides is 7. The van der Waals surface area contributed by atoms with Gasteiger partial charge in [-0.3, -0.25) is 38.1 Å². The number of hydrogen-bond acceptors (Lipinski definition) is 12. The molecule has 0 aliphatic heterocycles. The quantitative estimate of drug-likeness (QED) is 0.0488. The number of carboxylic acids is 1. The normalized spacial score (nSPS) is 16.1. The number of carbonyl (C=O) groups excluding carboxylic acids is 2. The molecule has 2 aliphatic rings. The summed E-state index contributed by atoms with van der Waals surface area (Å²) in [5, 5.41) is 19.3. The van der Waals surface area contributed by atoms with Crippen LogP contribution < -0.4 is 19.7 Å². The van der Waals surface area contributed by atoms with Crippen molar-refractivity contribution in [3.63, 3.8) is 0 Å². The van der Waals surface area contributed by atoms with Crippen molar-refractivity contribution in [1.82, 2.24) is 39.4 Å². The van der Waals surface area contributed by atoms with Crippen LogP contribution >= 0.6 is 19.4 Å². The highest BCUT2D eigenvalue weighted by atomic mass is 35.5. The summed E-state index contributed by atoms with van der Waals surface area (Å²) in [6, 6.07) is 11.0. The number of nitrogens with one attached hydrogen (secondary N) is 1. The third-order valence-corrected chi connectivity index (χ3v) is 16.4. The molecule has 4 aromatic carbocycles. The van der Waals surface area contributed by atoms with Crippen molar-refractivity contribution in [1.29, 1.82) is 0 Å². The predicted octanol–water partition coefficient (Wildman–Crippen LogP) is 9.87. The summed E-state index contributed by atoms with van der Waals surface area (Å²) >= 11 is 6.89. The second kappa shape index (κ2) is 21.4. The van der Waals surface area contributed by atoms with E-state index >= 15 is 22.4 Å². The average Bonchev–Trinajstić information content (AvgIpc) is 1.52. The zero-order chi connectivity index (χ0) is 62.8. The van der Waals surface area contributed by atoms with Gasteiger partial charge in [0, 0.05) is 54.0 Å². The van der Waals surface area contributed by atoms with Gasteiger partial charge in [-0.2, -0.15) is 36.5 Å². The monoisotopic (exact) mass is 1260 g/mol. The molecular weight excluding hydrogens is 1220 g/mol. The number of benzene rings is 4. The maximum absolute atomic E-state index is 15.8. The lowest BCUT2D eigenvalue weighted by atomic mass is 9.78. The lowest BCUT2D eigenvalue weighted by Gasteiger charge is -2.31. The number of aryl methyl sites for hydroxylation is 2. The number of carboxylic acid groups (broad SMARTS) is 1. The number of phosphoric acid groups is 1. The number of nitrogens with zero attached hydrogens (tertiary/aromatic N) is 8. The van der Waals surface area contributed by atoms with E-state index in [1.54, 1.807) is 0 Å². The summed E-state index contributed by atoms with van der Waals surface area (Å²) in [4.78, 5) is 84.8. The number of aromatic nitrogens is 7. The van der Waals surface area contributed by atoms with E-state index in [1.807, 2.05) is 0 Å². The van der Waals surface area contributed by atoms with E-state index in [9.17, 15) is 64.2 Å². The largest absolute Gasteiger partial charge is 0.524 e. The fourth-order valence-electron chi connectivity index (χ4n) is 11.3. The van der Waals surface area contributed by atoms with Gasteiger partial charge in [-0.25, -0.2) is 45.3 Å². The Hall–Kier alpha value is -8.18. The van der Waals surface area contributed by atoms with E-state index in [0.29, 0.717) is 23.1 Å². The average molecular weight is 1260 g/mol. The number of amides is 2. The number of pyridine rings is 1. The van der Waals surface area contributed by atoms with Crippen LogP contribution in [0.3, 0.4) is 0 Å².